The number of aliphatic imine (C=N–C) groups is 1. The fourth-order valence-electron chi connectivity index (χ4n) is 2.57. The van der Waals surface area contributed by atoms with E-state index >= 15 is 0 Å². The van der Waals surface area contributed by atoms with Gasteiger partial charge in [-0.15, -0.1) is 10.2 Å². The molecular formula is C18H14ClN5S. The van der Waals surface area contributed by atoms with Gasteiger partial charge in [0, 0.05) is 11.2 Å². The summed E-state index contributed by atoms with van der Waals surface area (Å²) in [6.07, 6.45) is 1.76. The first-order chi connectivity index (χ1) is 12.2. The van der Waals surface area contributed by atoms with Gasteiger partial charge in [0.2, 0.25) is 5.13 Å². The molecule has 0 saturated heterocycles. The zero-order chi connectivity index (χ0) is 17.2. The van der Waals surface area contributed by atoms with E-state index in [9.17, 15) is 0 Å². The van der Waals surface area contributed by atoms with Crippen LogP contribution < -0.4 is 0 Å². The van der Waals surface area contributed by atoms with Gasteiger partial charge in [0.05, 0.1) is 17.6 Å². The highest BCUT2D eigenvalue weighted by atomic mass is 35.5. The number of para-hydroxylation sites is 2. The second-order valence-corrected chi connectivity index (χ2v) is 7.00. The van der Waals surface area contributed by atoms with Gasteiger partial charge in [-0.25, -0.2) is 9.98 Å². The van der Waals surface area contributed by atoms with E-state index < -0.39 is 0 Å². The van der Waals surface area contributed by atoms with Gasteiger partial charge in [0.25, 0.3) is 0 Å². The molecule has 0 bridgehead atoms. The lowest BCUT2D eigenvalue weighted by Gasteiger charge is -2.02. The summed E-state index contributed by atoms with van der Waals surface area (Å²) >= 11 is 7.36. The van der Waals surface area contributed by atoms with Crippen molar-refractivity contribution in [1.29, 1.82) is 0 Å². The van der Waals surface area contributed by atoms with Gasteiger partial charge in [-0.2, -0.15) is 0 Å². The SMILES string of the molecule is Cc1nc2ccccc2n1Cc1nnc(/N=C/c2ccc(Cl)cc2)s1. The number of aromatic nitrogens is 4. The minimum Gasteiger partial charge on any atom is -0.321 e. The Hall–Kier alpha value is -2.57. The number of aryl methyl sites for hydroxylation is 1. The van der Waals surface area contributed by atoms with Crippen molar-refractivity contribution in [3.63, 3.8) is 0 Å². The van der Waals surface area contributed by atoms with Crippen LogP contribution in [0.2, 0.25) is 5.02 Å². The third kappa shape index (κ3) is 3.45. The van der Waals surface area contributed by atoms with Crippen molar-refractivity contribution in [2.24, 2.45) is 4.99 Å². The van der Waals surface area contributed by atoms with Crippen LogP contribution in [0.3, 0.4) is 0 Å². The molecule has 0 N–H and O–H groups in total. The molecular weight excluding hydrogens is 354 g/mol. The smallest absolute Gasteiger partial charge is 0.231 e. The predicted octanol–water partition coefficient (Wildman–Crippen LogP) is 4.65. The molecule has 2 aromatic carbocycles. The molecule has 0 unspecified atom stereocenters. The largest absolute Gasteiger partial charge is 0.321 e. The topological polar surface area (TPSA) is 56.0 Å². The molecule has 0 amide bonds. The van der Waals surface area contributed by atoms with Gasteiger partial charge in [-0.05, 0) is 36.8 Å². The van der Waals surface area contributed by atoms with E-state index in [1.165, 1.54) is 11.3 Å². The van der Waals surface area contributed by atoms with Crippen molar-refractivity contribution in [1.82, 2.24) is 19.7 Å². The number of benzene rings is 2. The molecule has 0 aliphatic rings. The molecule has 5 nitrogen and oxygen atoms in total. The summed E-state index contributed by atoms with van der Waals surface area (Å²) in [5, 5.41) is 10.6. The van der Waals surface area contributed by atoms with Crippen LogP contribution in [-0.4, -0.2) is 26.0 Å². The van der Waals surface area contributed by atoms with Crippen LogP contribution in [0, 0.1) is 6.92 Å². The van der Waals surface area contributed by atoms with E-state index in [2.05, 4.69) is 30.8 Å². The molecule has 2 heterocycles. The standard InChI is InChI=1S/C18H14ClN5S/c1-12-21-15-4-2-3-5-16(15)24(12)11-17-22-23-18(25-17)20-10-13-6-8-14(19)9-7-13/h2-10H,11H2,1H3/b20-10+. The lowest BCUT2D eigenvalue weighted by molar-refractivity contribution is 0.768. The summed E-state index contributed by atoms with van der Waals surface area (Å²) in [4.78, 5) is 8.97. The van der Waals surface area contributed by atoms with E-state index in [-0.39, 0.29) is 0 Å². The van der Waals surface area contributed by atoms with Gasteiger partial charge in [0.15, 0.2) is 0 Å². The van der Waals surface area contributed by atoms with Crippen LogP contribution in [0.25, 0.3) is 11.0 Å². The van der Waals surface area contributed by atoms with Gasteiger partial charge in [-0.1, -0.05) is 47.2 Å². The number of hydrogen-bond donors (Lipinski definition) is 0. The molecule has 0 fully saturated rings. The van der Waals surface area contributed by atoms with Crippen LogP contribution in [0.15, 0.2) is 53.5 Å². The van der Waals surface area contributed by atoms with E-state index in [1.54, 1.807) is 6.21 Å². The monoisotopic (exact) mass is 367 g/mol. The average molecular weight is 368 g/mol. The van der Waals surface area contributed by atoms with Gasteiger partial charge in [0.1, 0.15) is 10.8 Å². The zero-order valence-electron chi connectivity index (χ0n) is 13.4. The van der Waals surface area contributed by atoms with Gasteiger partial charge >= 0.3 is 0 Å². The van der Waals surface area contributed by atoms with Gasteiger partial charge in [-0.3, -0.25) is 0 Å². The minimum atomic E-state index is 0.632. The highest BCUT2D eigenvalue weighted by Gasteiger charge is 2.10. The maximum absolute atomic E-state index is 5.88. The number of halogens is 1. The number of rotatable bonds is 4. The maximum Gasteiger partial charge on any atom is 0.231 e. The van der Waals surface area contributed by atoms with Crippen molar-refractivity contribution < 1.29 is 0 Å². The average Bonchev–Trinajstić information content (AvgIpc) is 3.19. The van der Waals surface area contributed by atoms with E-state index in [4.69, 9.17) is 11.6 Å². The normalized spacial score (nSPS) is 11.6. The number of hydrogen-bond acceptors (Lipinski definition) is 5. The van der Waals surface area contributed by atoms with Crippen molar-refractivity contribution in [2.75, 3.05) is 0 Å². The third-order valence-electron chi connectivity index (χ3n) is 3.79. The Labute approximate surface area is 153 Å². The first-order valence-corrected chi connectivity index (χ1v) is 8.92. The lowest BCUT2D eigenvalue weighted by atomic mass is 10.2. The summed E-state index contributed by atoms with van der Waals surface area (Å²) in [7, 11) is 0. The summed E-state index contributed by atoms with van der Waals surface area (Å²) in [6, 6.07) is 15.6. The van der Waals surface area contributed by atoms with Crippen molar-refractivity contribution in [3.05, 3.63) is 69.9 Å². The highest BCUT2D eigenvalue weighted by molar-refractivity contribution is 7.14. The fraction of sp³-hybridized carbons (Fsp3) is 0.111. The second kappa shape index (κ2) is 6.74. The van der Waals surface area contributed by atoms with Crippen LogP contribution in [0.4, 0.5) is 5.13 Å². The minimum absolute atomic E-state index is 0.632. The lowest BCUT2D eigenvalue weighted by Crippen LogP contribution is -2.01. The Bertz CT molecular complexity index is 1050. The highest BCUT2D eigenvalue weighted by Crippen LogP contribution is 2.22. The first-order valence-electron chi connectivity index (χ1n) is 7.73. The zero-order valence-corrected chi connectivity index (χ0v) is 15.0. The van der Waals surface area contributed by atoms with E-state index in [0.717, 1.165) is 27.4 Å². The first kappa shape index (κ1) is 15.9. The molecule has 4 rings (SSSR count). The Morgan fingerprint density at radius 1 is 1.12 bits per heavy atom. The molecule has 0 spiro atoms. The molecule has 2 aromatic heterocycles. The van der Waals surface area contributed by atoms with Gasteiger partial charge < -0.3 is 4.57 Å². The molecule has 124 valence electrons. The van der Waals surface area contributed by atoms with Crippen LogP contribution in [0.1, 0.15) is 16.4 Å². The van der Waals surface area contributed by atoms with Crippen molar-refractivity contribution in [2.45, 2.75) is 13.5 Å². The summed E-state index contributed by atoms with van der Waals surface area (Å²) in [6.45, 7) is 2.64. The molecule has 0 aliphatic heterocycles. The quantitative estimate of drug-likeness (QED) is 0.493. The Morgan fingerprint density at radius 2 is 1.92 bits per heavy atom. The van der Waals surface area contributed by atoms with Crippen LogP contribution >= 0.6 is 22.9 Å². The van der Waals surface area contributed by atoms with E-state index in [1.807, 2.05) is 49.4 Å². The molecule has 0 aliphatic carbocycles. The van der Waals surface area contributed by atoms with Crippen LogP contribution in [-0.2, 0) is 6.54 Å². The number of imidazole rings is 1. The predicted molar refractivity (Wildman–Crippen MR) is 102 cm³/mol. The van der Waals surface area contributed by atoms with E-state index in [0.29, 0.717) is 16.7 Å². The molecule has 0 saturated carbocycles. The summed E-state index contributed by atoms with van der Waals surface area (Å²) in [5.41, 5.74) is 3.06. The number of fused-ring (bicyclic) bond motifs is 1. The third-order valence-corrected chi connectivity index (χ3v) is 4.86. The van der Waals surface area contributed by atoms with Crippen molar-refractivity contribution >= 4 is 45.3 Å². The molecule has 25 heavy (non-hydrogen) atoms. The summed E-state index contributed by atoms with van der Waals surface area (Å²) in [5.74, 6) is 0.961. The summed E-state index contributed by atoms with van der Waals surface area (Å²) < 4.78 is 2.14. The second-order valence-electron chi connectivity index (χ2n) is 5.52. The number of nitrogens with zero attached hydrogens (tertiary/aromatic N) is 5. The Morgan fingerprint density at radius 3 is 2.76 bits per heavy atom. The van der Waals surface area contributed by atoms with Crippen molar-refractivity contribution in [3.8, 4) is 0 Å². The van der Waals surface area contributed by atoms with Crippen LogP contribution in [0.5, 0.6) is 0 Å². The Kier molecular flexibility index (Phi) is 4.29. The molecule has 0 radical (unpaired) electrons. The maximum atomic E-state index is 5.88. The molecule has 4 aromatic rings. The Balaban J connectivity index is 1.55. The fourth-order valence-corrected chi connectivity index (χ4v) is 3.37. The molecule has 0 atom stereocenters. The molecule has 7 heteroatoms.